The van der Waals surface area contributed by atoms with Crippen molar-refractivity contribution < 1.29 is 0 Å². The number of hydrogen-bond donors (Lipinski definition) is 2. The summed E-state index contributed by atoms with van der Waals surface area (Å²) in [6, 6.07) is 7.73. The second kappa shape index (κ2) is 4.04. The third-order valence-corrected chi connectivity index (χ3v) is 2.61. The maximum absolute atomic E-state index is 5.90. The van der Waals surface area contributed by atoms with E-state index in [9.17, 15) is 0 Å². The Balaban J connectivity index is 2.69. The molecule has 3 N–H and O–H groups in total. The number of nitrogens with zero attached hydrogens (tertiary/aromatic N) is 1. The molecule has 0 bridgehead atoms. The van der Waals surface area contributed by atoms with Gasteiger partial charge < -0.3 is 5.43 Å². The molecule has 0 aliphatic carbocycles. The predicted octanol–water partition coefficient (Wildman–Crippen LogP) is 2.74. The van der Waals surface area contributed by atoms with Gasteiger partial charge in [-0.05, 0) is 30.2 Å². The minimum Gasteiger partial charge on any atom is -0.308 e. The number of anilines is 1. The zero-order chi connectivity index (χ0) is 10.8. The van der Waals surface area contributed by atoms with Gasteiger partial charge in [-0.15, -0.1) is 0 Å². The summed E-state index contributed by atoms with van der Waals surface area (Å²) >= 11 is 5.90. The van der Waals surface area contributed by atoms with Crippen molar-refractivity contribution in [1.82, 2.24) is 4.98 Å². The first-order chi connectivity index (χ1) is 7.24. The molecule has 0 atom stereocenters. The molecule has 78 valence electrons. The first-order valence-corrected chi connectivity index (χ1v) is 5.18. The van der Waals surface area contributed by atoms with Crippen LogP contribution in [0.4, 0.5) is 5.82 Å². The first-order valence-electron chi connectivity index (χ1n) is 4.80. The monoisotopic (exact) mass is 221 g/mol. The van der Waals surface area contributed by atoms with Gasteiger partial charge in [-0.2, -0.15) is 0 Å². The third kappa shape index (κ3) is 1.89. The van der Waals surface area contributed by atoms with E-state index in [0.29, 0.717) is 10.8 Å². The van der Waals surface area contributed by atoms with Gasteiger partial charge in [0.1, 0.15) is 5.82 Å². The highest BCUT2D eigenvalue weighted by Crippen LogP contribution is 2.23. The molecular formula is C11H12ClN3. The van der Waals surface area contributed by atoms with Crippen LogP contribution in [0.25, 0.3) is 10.9 Å². The number of rotatable bonds is 2. The largest absolute Gasteiger partial charge is 0.308 e. The minimum absolute atomic E-state index is 0.683. The molecule has 0 fully saturated rings. The fourth-order valence-electron chi connectivity index (χ4n) is 1.58. The highest BCUT2D eigenvalue weighted by molar-refractivity contribution is 6.31. The van der Waals surface area contributed by atoms with Crippen LogP contribution in [0.3, 0.4) is 0 Å². The number of benzene rings is 1. The number of hydrogen-bond acceptors (Lipinski definition) is 3. The third-order valence-electron chi connectivity index (χ3n) is 2.38. The number of nitrogen functional groups attached to an aromatic ring is 1. The van der Waals surface area contributed by atoms with Crippen LogP contribution in [-0.2, 0) is 6.42 Å². The summed E-state index contributed by atoms with van der Waals surface area (Å²) in [5, 5.41) is 1.76. The fourth-order valence-corrected chi connectivity index (χ4v) is 1.74. The average molecular weight is 222 g/mol. The molecule has 0 unspecified atom stereocenters. The van der Waals surface area contributed by atoms with Crippen LogP contribution in [0.15, 0.2) is 24.3 Å². The van der Waals surface area contributed by atoms with Gasteiger partial charge in [-0.1, -0.05) is 24.6 Å². The van der Waals surface area contributed by atoms with Crippen LogP contribution in [0.5, 0.6) is 0 Å². The molecule has 3 nitrogen and oxygen atoms in total. The summed E-state index contributed by atoms with van der Waals surface area (Å²) in [6.45, 7) is 2.07. The van der Waals surface area contributed by atoms with Crippen LogP contribution in [-0.4, -0.2) is 4.98 Å². The Hall–Kier alpha value is -1.32. The molecule has 1 aromatic carbocycles. The molecule has 2 rings (SSSR count). The van der Waals surface area contributed by atoms with E-state index in [0.717, 1.165) is 22.9 Å². The fraction of sp³-hybridized carbons (Fsp3) is 0.182. The summed E-state index contributed by atoms with van der Waals surface area (Å²) in [4.78, 5) is 4.40. The molecule has 0 spiro atoms. The minimum atomic E-state index is 0.683. The Labute approximate surface area is 93.2 Å². The molecule has 1 aromatic heterocycles. The van der Waals surface area contributed by atoms with Crippen LogP contribution in [0, 0.1) is 0 Å². The van der Waals surface area contributed by atoms with Gasteiger partial charge in [0, 0.05) is 10.4 Å². The van der Waals surface area contributed by atoms with E-state index in [2.05, 4.69) is 23.4 Å². The van der Waals surface area contributed by atoms with Crippen molar-refractivity contribution in [3.63, 3.8) is 0 Å². The molecule has 0 aliphatic rings. The van der Waals surface area contributed by atoms with Gasteiger partial charge in [0.2, 0.25) is 0 Å². The summed E-state index contributed by atoms with van der Waals surface area (Å²) in [6.07, 6.45) is 0.894. The van der Waals surface area contributed by atoms with E-state index >= 15 is 0 Å². The smallest absolute Gasteiger partial charge is 0.143 e. The van der Waals surface area contributed by atoms with E-state index in [1.165, 1.54) is 0 Å². The van der Waals surface area contributed by atoms with Gasteiger partial charge in [-0.3, -0.25) is 0 Å². The molecule has 0 amide bonds. The van der Waals surface area contributed by atoms with E-state index in [1.807, 2.05) is 18.2 Å². The molecule has 2 aromatic rings. The first kappa shape index (κ1) is 10.2. The van der Waals surface area contributed by atoms with Gasteiger partial charge >= 0.3 is 0 Å². The molecule has 0 radical (unpaired) electrons. The van der Waals surface area contributed by atoms with E-state index in [1.54, 1.807) is 0 Å². The Bertz CT molecular complexity index is 496. The molecule has 4 heteroatoms. The number of hydrazine groups is 1. The average Bonchev–Trinajstić information content (AvgIpc) is 2.27. The van der Waals surface area contributed by atoms with Crippen molar-refractivity contribution in [2.75, 3.05) is 5.43 Å². The van der Waals surface area contributed by atoms with Gasteiger partial charge in [0.15, 0.2) is 0 Å². The van der Waals surface area contributed by atoms with E-state index in [4.69, 9.17) is 17.4 Å². The van der Waals surface area contributed by atoms with Crippen LogP contribution in [0.1, 0.15) is 12.5 Å². The Morgan fingerprint density at radius 1 is 1.40 bits per heavy atom. The Kier molecular flexibility index (Phi) is 2.75. The van der Waals surface area contributed by atoms with Gasteiger partial charge in [0.25, 0.3) is 0 Å². The topological polar surface area (TPSA) is 50.9 Å². The van der Waals surface area contributed by atoms with Crippen LogP contribution < -0.4 is 11.3 Å². The van der Waals surface area contributed by atoms with Crippen LogP contribution in [0.2, 0.25) is 5.02 Å². The number of aromatic nitrogens is 1. The van der Waals surface area contributed by atoms with Gasteiger partial charge in [0.05, 0.1) is 5.52 Å². The highest BCUT2D eigenvalue weighted by atomic mass is 35.5. The molecule has 0 aliphatic heterocycles. The number of aryl methyl sites for hydroxylation is 1. The summed E-state index contributed by atoms with van der Waals surface area (Å²) in [5.74, 6) is 6.12. The molecule has 15 heavy (non-hydrogen) atoms. The summed E-state index contributed by atoms with van der Waals surface area (Å²) < 4.78 is 0. The lowest BCUT2D eigenvalue weighted by atomic mass is 10.1. The summed E-state index contributed by atoms with van der Waals surface area (Å²) in [7, 11) is 0. The van der Waals surface area contributed by atoms with Gasteiger partial charge in [-0.25, -0.2) is 10.8 Å². The standard InChI is InChI=1S/C11H12ClN3/c1-2-7-5-8-3-4-9(12)6-10(8)14-11(7)15-13/h3-6H,2,13H2,1H3,(H,14,15). The van der Waals surface area contributed by atoms with Crippen molar-refractivity contribution in [2.45, 2.75) is 13.3 Å². The van der Waals surface area contributed by atoms with Crippen molar-refractivity contribution in [3.8, 4) is 0 Å². The lowest BCUT2D eigenvalue weighted by Crippen LogP contribution is -2.11. The second-order valence-corrected chi connectivity index (χ2v) is 3.77. The van der Waals surface area contributed by atoms with Crippen molar-refractivity contribution >= 4 is 28.3 Å². The maximum Gasteiger partial charge on any atom is 0.143 e. The van der Waals surface area contributed by atoms with E-state index in [-0.39, 0.29) is 0 Å². The molecule has 0 saturated heterocycles. The molecule has 1 heterocycles. The number of nitrogens with one attached hydrogen (secondary N) is 1. The number of fused-ring (bicyclic) bond motifs is 1. The van der Waals surface area contributed by atoms with Crippen molar-refractivity contribution in [2.24, 2.45) is 5.84 Å². The Morgan fingerprint density at radius 2 is 2.20 bits per heavy atom. The number of halogens is 1. The lowest BCUT2D eigenvalue weighted by molar-refractivity contribution is 1.10. The normalized spacial score (nSPS) is 10.6. The van der Waals surface area contributed by atoms with Crippen LogP contribution >= 0.6 is 11.6 Å². The quantitative estimate of drug-likeness (QED) is 0.606. The number of nitrogens with two attached hydrogens (primary N) is 1. The molecular weight excluding hydrogens is 210 g/mol. The maximum atomic E-state index is 5.90. The molecule has 0 saturated carbocycles. The zero-order valence-corrected chi connectivity index (χ0v) is 9.17. The Morgan fingerprint density at radius 3 is 2.87 bits per heavy atom. The zero-order valence-electron chi connectivity index (χ0n) is 8.42. The highest BCUT2D eigenvalue weighted by Gasteiger charge is 2.04. The predicted molar refractivity (Wildman–Crippen MR) is 63.9 cm³/mol. The lowest BCUT2D eigenvalue weighted by Gasteiger charge is -2.08. The number of pyridine rings is 1. The van der Waals surface area contributed by atoms with E-state index < -0.39 is 0 Å². The SMILES string of the molecule is CCc1cc2ccc(Cl)cc2nc1NN. The van der Waals surface area contributed by atoms with Crippen molar-refractivity contribution in [1.29, 1.82) is 0 Å². The van der Waals surface area contributed by atoms with Crippen molar-refractivity contribution in [3.05, 3.63) is 34.9 Å². The summed E-state index contributed by atoms with van der Waals surface area (Å²) in [5.41, 5.74) is 4.56. The second-order valence-electron chi connectivity index (χ2n) is 3.33.